The zero-order chi connectivity index (χ0) is 23.9. The van der Waals surface area contributed by atoms with Gasteiger partial charge in [-0.2, -0.15) is 0 Å². The Kier molecular flexibility index (Phi) is 6.06. The summed E-state index contributed by atoms with van der Waals surface area (Å²) >= 11 is 0. The van der Waals surface area contributed by atoms with Crippen LogP contribution in [0.25, 0.3) is 0 Å². The predicted octanol–water partition coefficient (Wildman–Crippen LogP) is 1.89. The molecular formula is C21H26FN5O5S. The van der Waals surface area contributed by atoms with Gasteiger partial charge in [0.1, 0.15) is 16.4 Å². The van der Waals surface area contributed by atoms with Crippen LogP contribution in [-0.4, -0.2) is 62.2 Å². The number of anilines is 2. The minimum Gasteiger partial charge on any atom is -0.450 e. The number of amides is 2. The number of ether oxygens (including phenoxy) is 1. The Labute approximate surface area is 191 Å². The van der Waals surface area contributed by atoms with Crippen molar-refractivity contribution in [3.8, 4) is 0 Å². The summed E-state index contributed by atoms with van der Waals surface area (Å²) in [4.78, 5) is 26.6. The first-order chi connectivity index (χ1) is 15.6. The van der Waals surface area contributed by atoms with Gasteiger partial charge >= 0.3 is 6.09 Å². The van der Waals surface area contributed by atoms with Gasteiger partial charge in [-0.15, -0.1) is 0 Å². The third-order valence-corrected chi connectivity index (χ3v) is 7.38. The molecule has 2 atom stereocenters. The van der Waals surface area contributed by atoms with Crippen LogP contribution in [0.3, 0.4) is 0 Å². The molecule has 3 N–H and O–H groups in total. The van der Waals surface area contributed by atoms with Crippen LogP contribution in [0.2, 0.25) is 0 Å². The summed E-state index contributed by atoms with van der Waals surface area (Å²) < 4.78 is 49.0. The highest BCUT2D eigenvalue weighted by Crippen LogP contribution is 2.32. The highest BCUT2D eigenvalue weighted by atomic mass is 32.2. The SMILES string of the molecule is CCOC(=O)N1CC2CNc3c(cn(C)c3C(=O)Nc3ccc(F)c(C)c3)S(=O)(=O)NC2C1. The summed E-state index contributed by atoms with van der Waals surface area (Å²) in [6.45, 7) is 4.38. The van der Waals surface area contributed by atoms with Crippen molar-refractivity contribution in [2.75, 3.05) is 36.9 Å². The molecule has 2 aliphatic heterocycles. The number of fused-ring (bicyclic) bond motifs is 2. The van der Waals surface area contributed by atoms with Gasteiger partial charge in [0, 0.05) is 50.5 Å². The Morgan fingerprint density at radius 3 is 2.76 bits per heavy atom. The van der Waals surface area contributed by atoms with Crippen LogP contribution in [0.4, 0.5) is 20.6 Å². The van der Waals surface area contributed by atoms with Crippen LogP contribution in [0.15, 0.2) is 29.3 Å². The van der Waals surface area contributed by atoms with E-state index in [4.69, 9.17) is 4.74 Å². The lowest BCUT2D eigenvalue weighted by Gasteiger charge is -2.24. The normalized spacial score (nSPS) is 21.3. The molecule has 0 bridgehead atoms. The molecule has 1 saturated heterocycles. The molecule has 2 amide bonds. The summed E-state index contributed by atoms with van der Waals surface area (Å²) in [5, 5.41) is 5.82. The molecule has 178 valence electrons. The van der Waals surface area contributed by atoms with Crippen molar-refractivity contribution in [1.29, 1.82) is 0 Å². The van der Waals surface area contributed by atoms with Gasteiger partial charge in [0.2, 0.25) is 10.0 Å². The van der Waals surface area contributed by atoms with E-state index in [-0.39, 0.29) is 35.3 Å². The molecule has 1 aromatic carbocycles. The molecule has 2 unspecified atom stereocenters. The maximum absolute atomic E-state index is 13.6. The lowest BCUT2D eigenvalue weighted by molar-refractivity contribution is 0.101. The van der Waals surface area contributed by atoms with E-state index in [0.717, 1.165) is 0 Å². The smallest absolute Gasteiger partial charge is 0.409 e. The largest absolute Gasteiger partial charge is 0.450 e. The van der Waals surface area contributed by atoms with E-state index in [2.05, 4.69) is 15.4 Å². The van der Waals surface area contributed by atoms with E-state index in [1.807, 2.05) is 0 Å². The topological polar surface area (TPSA) is 122 Å². The predicted molar refractivity (Wildman–Crippen MR) is 119 cm³/mol. The summed E-state index contributed by atoms with van der Waals surface area (Å²) in [6, 6.07) is 3.70. The standard InChI is InChI=1S/C21H26FN5O5S/c1-4-32-21(29)27-9-13-8-23-18-17(33(30,31)25-16(13)10-27)11-26(3)19(18)20(28)24-14-5-6-15(22)12(2)7-14/h5-7,11,13,16,23,25H,4,8-10H2,1-3H3,(H,24,28). The van der Waals surface area contributed by atoms with E-state index >= 15 is 0 Å². The number of aryl methyl sites for hydroxylation is 2. The number of halogens is 1. The Hall–Kier alpha value is -3.12. The van der Waals surface area contributed by atoms with Gasteiger partial charge in [-0.25, -0.2) is 22.3 Å². The van der Waals surface area contributed by atoms with Gasteiger partial charge < -0.3 is 24.8 Å². The molecule has 2 aromatic rings. The van der Waals surface area contributed by atoms with Crippen LogP contribution in [0, 0.1) is 18.7 Å². The number of aromatic nitrogens is 1. The maximum Gasteiger partial charge on any atom is 0.409 e. The number of benzene rings is 1. The monoisotopic (exact) mass is 479 g/mol. The molecule has 0 spiro atoms. The number of nitrogens with zero attached hydrogens (tertiary/aromatic N) is 2. The summed E-state index contributed by atoms with van der Waals surface area (Å²) in [6.07, 6.45) is 0.880. The third-order valence-electron chi connectivity index (χ3n) is 5.88. The van der Waals surface area contributed by atoms with Gasteiger partial charge in [-0.3, -0.25) is 4.79 Å². The first kappa shape index (κ1) is 23.1. The lowest BCUT2D eigenvalue weighted by atomic mass is 10.0. The zero-order valence-electron chi connectivity index (χ0n) is 18.5. The van der Waals surface area contributed by atoms with Crippen molar-refractivity contribution < 1.29 is 27.1 Å². The Balaban J connectivity index is 1.62. The second kappa shape index (κ2) is 8.67. The molecule has 0 aliphatic carbocycles. The van der Waals surface area contributed by atoms with Crippen LogP contribution in [0.1, 0.15) is 23.0 Å². The number of sulfonamides is 1. The number of nitrogens with one attached hydrogen (secondary N) is 3. The van der Waals surface area contributed by atoms with Gasteiger partial charge in [0.15, 0.2) is 0 Å². The first-order valence-electron chi connectivity index (χ1n) is 10.6. The maximum atomic E-state index is 13.6. The first-order valence-corrected chi connectivity index (χ1v) is 12.0. The fourth-order valence-corrected chi connectivity index (χ4v) is 5.76. The highest BCUT2D eigenvalue weighted by molar-refractivity contribution is 7.89. The summed E-state index contributed by atoms with van der Waals surface area (Å²) in [7, 11) is -2.40. The molecule has 1 aromatic heterocycles. The molecule has 1 fully saturated rings. The Bertz CT molecular complexity index is 1210. The number of rotatable bonds is 3. The van der Waals surface area contributed by atoms with Gasteiger partial charge in [-0.05, 0) is 37.6 Å². The zero-order valence-corrected chi connectivity index (χ0v) is 19.3. The quantitative estimate of drug-likeness (QED) is 0.618. The van der Waals surface area contributed by atoms with E-state index < -0.39 is 33.9 Å². The molecule has 10 nitrogen and oxygen atoms in total. The Morgan fingerprint density at radius 1 is 1.30 bits per heavy atom. The van der Waals surface area contributed by atoms with E-state index in [0.29, 0.717) is 24.3 Å². The summed E-state index contributed by atoms with van der Waals surface area (Å²) in [5.41, 5.74) is 1.06. The minimum atomic E-state index is -3.98. The minimum absolute atomic E-state index is 0.0570. The van der Waals surface area contributed by atoms with Crippen LogP contribution in [0.5, 0.6) is 0 Å². The number of likely N-dealkylation sites (tertiary alicyclic amines) is 1. The van der Waals surface area contributed by atoms with Crippen LogP contribution < -0.4 is 15.4 Å². The fourth-order valence-electron chi connectivity index (χ4n) is 4.23. The Morgan fingerprint density at radius 2 is 2.06 bits per heavy atom. The molecule has 4 rings (SSSR count). The van der Waals surface area contributed by atoms with Crippen molar-refractivity contribution in [3.05, 3.63) is 41.5 Å². The van der Waals surface area contributed by atoms with Crippen molar-refractivity contribution in [1.82, 2.24) is 14.2 Å². The molecule has 0 radical (unpaired) electrons. The fraction of sp³-hybridized carbons (Fsp3) is 0.429. The van der Waals surface area contributed by atoms with Gasteiger partial charge in [0.25, 0.3) is 5.91 Å². The second-order valence-corrected chi connectivity index (χ2v) is 9.90. The molecular weight excluding hydrogens is 453 g/mol. The number of carbonyl (C=O) groups is 2. The molecule has 2 aliphatic rings. The molecule has 0 saturated carbocycles. The van der Waals surface area contributed by atoms with E-state index in [1.165, 1.54) is 33.9 Å². The van der Waals surface area contributed by atoms with Crippen molar-refractivity contribution in [2.24, 2.45) is 13.0 Å². The van der Waals surface area contributed by atoms with E-state index in [1.54, 1.807) is 20.9 Å². The number of carbonyl (C=O) groups excluding carboxylic acids is 2. The van der Waals surface area contributed by atoms with Crippen LogP contribution >= 0.6 is 0 Å². The van der Waals surface area contributed by atoms with Gasteiger partial charge in [0.05, 0.1) is 12.3 Å². The third kappa shape index (κ3) is 4.40. The van der Waals surface area contributed by atoms with Gasteiger partial charge in [-0.1, -0.05) is 0 Å². The van der Waals surface area contributed by atoms with Crippen molar-refractivity contribution in [2.45, 2.75) is 24.8 Å². The number of hydrogen-bond acceptors (Lipinski definition) is 6. The van der Waals surface area contributed by atoms with E-state index in [9.17, 15) is 22.4 Å². The average Bonchev–Trinajstić information content (AvgIpc) is 3.29. The highest BCUT2D eigenvalue weighted by Gasteiger charge is 2.41. The second-order valence-electron chi connectivity index (χ2n) is 8.22. The molecule has 3 heterocycles. The average molecular weight is 480 g/mol. The molecule has 33 heavy (non-hydrogen) atoms. The van der Waals surface area contributed by atoms with Crippen molar-refractivity contribution in [3.63, 3.8) is 0 Å². The van der Waals surface area contributed by atoms with Crippen LogP contribution in [-0.2, 0) is 21.8 Å². The summed E-state index contributed by atoms with van der Waals surface area (Å²) in [5.74, 6) is -1.14. The molecule has 12 heteroatoms. The number of hydrogen-bond donors (Lipinski definition) is 3. The van der Waals surface area contributed by atoms with Crippen molar-refractivity contribution >= 4 is 33.4 Å². The lowest BCUT2D eigenvalue weighted by Crippen LogP contribution is -2.44.